The van der Waals surface area contributed by atoms with Crippen LogP contribution in [0.3, 0.4) is 0 Å². The maximum Gasteiger partial charge on any atom is 0.315 e. The van der Waals surface area contributed by atoms with Gasteiger partial charge in [-0.2, -0.15) is 0 Å². The molecule has 1 atom stereocenters. The molecule has 2 N–H and O–H groups in total. The quantitative estimate of drug-likeness (QED) is 0.896. The lowest BCUT2D eigenvalue weighted by atomic mass is 9.72. The van der Waals surface area contributed by atoms with Crippen molar-refractivity contribution in [3.63, 3.8) is 0 Å². The second-order valence-electron chi connectivity index (χ2n) is 5.91. The predicted octanol–water partition coefficient (Wildman–Crippen LogP) is 2.68. The largest absolute Gasteiger partial charge is 0.376 e. The Morgan fingerprint density at radius 3 is 2.62 bits per heavy atom. The molecule has 2 aliphatic rings. The van der Waals surface area contributed by atoms with Crippen molar-refractivity contribution in [1.82, 2.24) is 10.6 Å². The molecule has 1 aliphatic carbocycles. The molecule has 0 bridgehead atoms. The van der Waals surface area contributed by atoms with Gasteiger partial charge in [0.25, 0.3) is 0 Å². The summed E-state index contributed by atoms with van der Waals surface area (Å²) in [6.07, 6.45) is 5.07. The first-order valence-electron chi connectivity index (χ1n) is 7.62. The third-order valence-corrected chi connectivity index (χ3v) is 4.47. The van der Waals surface area contributed by atoms with Gasteiger partial charge in [-0.3, -0.25) is 0 Å². The van der Waals surface area contributed by atoms with E-state index in [9.17, 15) is 9.18 Å². The van der Waals surface area contributed by atoms with E-state index in [0.717, 1.165) is 44.3 Å². The molecular formula is C16H21FN2O2. The van der Waals surface area contributed by atoms with Crippen molar-refractivity contribution in [2.45, 2.75) is 43.7 Å². The van der Waals surface area contributed by atoms with E-state index in [-0.39, 0.29) is 23.5 Å². The average molecular weight is 292 g/mol. The number of hydrogen-bond acceptors (Lipinski definition) is 2. The molecule has 4 nitrogen and oxygen atoms in total. The van der Waals surface area contributed by atoms with Gasteiger partial charge in [-0.25, -0.2) is 9.18 Å². The average Bonchev–Trinajstić information content (AvgIpc) is 2.95. The maximum atomic E-state index is 13.0. The fourth-order valence-corrected chi connectivity index (χ4v) is 3.06. The molecule has 0 radical (unpaired) electrons. The lowest BCUT2D eigenvalue weighted by molar-refractivity contribution is 0.109. The molecule has 2 amide bonds. The van der Waals surface area contributed by atoms with Crippen LogP contribution in [0.15, 0.2) is 24.3 Å². The molecule has 3 rings (SSSR count). The highest BCUT2D eigenvalue weighted by Gasteiger charge is 2.40. The van der Waals surface area contributed by atoms with Crippen molar-refractivity contribution < 1.29 is 13.9 Å². The van der Waals surface area contributed by atoms with Gasteiger partial charge in [0, 0.05) is 13.2 Å². The molecule has 1 aromatic rings. The first-order valence-corrected chi connectivity index (χ1v) is 7.62. The van der Waals surface area contributed by atoms with E-state index < -0.39 is 0 Å². The highest BCUT2D eigenvalue weighted by molar-refractivity contribution is 5.75. The molecule has 5 heteroatoms. The molecule has 1 heterocycles. The Balaban J connectivity index is 1.58. The van der Waals surface area contributed by atoms with Crippen LogP contribution in [0.5, 0.6) is 0 Å². The van der Waals surface area contributed by atoms with Crippen LogP contribution in [0, 0.1) is 5.82 Å². The number of amides is 2. The Morgan fingerprint density at radius 2 is 2.05 bits per heavy atom. The number of carbonyl (C=O) groups is 1. The van der Waals surface area contributed by atoms with Gasteiger partial charge in [0.15, 0.2) is 0 Å². The molecular weight excluding hydrogens is 271 g/mol. The smallest absolute Gasteiger partial charge is 0.315 e. The standard InChI is InChI=1S/C16H21FN2O2/c17-13-6-4-12(5-7-13)16(8-2-9-16)19-15(20)18-11-14-3-1-10-21-14/h4-7,14H,1-3,8-11H2,(H2,18,19,20)/t14-/m0/s1. The number of carbonyl (C=O) groups excluding carboxylic acids is 1. The van der Waals surface area contributed by atoms with Crippen LogP contribution in [0.4, 0.5) is 9.18 Å². The summed E-state index contributed by atoms with van der Waals surface area (Å²) in [5, 5.41) is 5.94. The van der Waals surface area contributed by atoms with Gasteiger partial charge in [-0.05, 0) is 49.8 Å². The van der Waals surface area contributed by atoms with Crippen molar-refractivity contribution >= 4 is 6.03 Å². The van der Waals surface area contributed by atoms with E-state index in [4.69, 9.17) is 4.74 Å². The van der Waals surface area contributed by atoms with E-state index >= 15 is 0 Å². The topological polar surface area (TPSA) is 50.4 Å². The summed E-state index contributed by atoms with van der Waals surface area (Å²) in [5.41, 5.74) is 0.635. The van der Waals surface area contributed by atoms with Crippen LogP contribution >= 0.6 is 0 Å². The molecule has 0 spiro atoms. The summed E-state index contributed by atoms with van der Waals surface area (Å²) in [6.45, 7) is 1.33. The molecule has 1 aromatic carbocycles. The zero-order valence-electron chi connectivity index (χ0n) is 12.0. The predicted molar refractivity (Wildman–Crippen MR) is 77.4 cm³/mol. The van der Waals surface area contributed by atoms with Gasteiger partial charge >= 0.3 is 6.03 Å². The van der Waals surface area contributed by atoms with Crippen molar-refractivity contribution in [2.24, 2.45) is 0 Å². The van der Waals surface area contributed by atoms with Crippen molar-refractivity contribution in [1.29, 1.82) is 0 Å². The van der Waals surface area contributed by atoms with E-state index in [1.807, 2.05) is 0 Å². The minimum Gasteiger partial charge on any atom is -0.376 e. The van der Waals surface area contributed by atoms with Crippen LogP contribution < -0.4 is 10.6 Å². The number of rotatable bonds is 4. The Kier molecular flexibility index (Phi) is 4.10. The van der Waals surface area contributed by atoms with Crippen molar-refractivity contribution in [3.8, 4) is 0 Å². The fourth-order valence-electron chi connectivity index (χ4n) is 3.06. The minimum absolute atomic E-state index is 0.138. The third kappa shape index (κ3) is 3.18. The highest BCUT2D eigenvalue weighted by Crippen LogP contribution is 2.41. The van der Waals surface area contributed by atoms with Gasteiger partial charge < -0.3 is 15.4 Å². The summed E-state index contributed by atoms with van der Waals surface area (Å²) in [6, 6.07) is 6.24. The second kappa shape index (κ2) is 6.02. The van der Waals surface area contributed by atoms with Crippen LogP contribution in [-0.2, 0) is 10.3 Å². The molecule has 2 fully saturated rings. The molecule has 21 heavy (non-hydrogen) atoms. The lowest BCUT2D eigenvalue weighted by Gasteiger charge is -2.43. The number of ether oxygens (including phenoxy) is 1. The molecule has 1 saturated heterocycles. The summed E-state index contributed by atoms with van der Waals surface area (Å²) >= 11 is 0. The minimum atomic E-state index is -0.339. The monoisotopic (exact) mass is 292 g/mol. The lowest BCUT2D eigenvalue weighted by Crippen LogP contribution is -2.54. The summed E-state index contributed by atoms with van der Waals surface area (Å²) < 4.78 is 18.5. The third-order valence-electron chi connectivity index (χ3n) is 4.47. The first kappa shape index (κ1) is 14.3. The van der Waals surface area contributed by atoms with Crippen LogP contribution in [0.25, 0.3) is 0 Å². The number of benzene rings is 1. The summed E-state index contributed by atoms with van der Waals surface area (Å²) in [7, 11) is 0. The fraction of sp³-hybridized carbons (Fsp3) is 0.562. The van der Waals surface area contributed by atoms with Gasteiger partial charge in [0.05, 0.1) is 11.6 Å². The normalized spacial score (nSPS) is 23.4. The molecule has 1 aliphatic heterocycles. The zero-order valence-corrected chi connectivity index (χ0v) is 12.0. The Hall–Kier alpha value is -1.62. The molecule has 1 saturated carbocycles. The number of hydrogen-bond donors (Lipinski definition) is 2. The van der Waals surface area contributed by atoms with Crippen LogP contribution in [0.2, 0.25) is 0 Å². The second-order valence-corrected chi connectivity index (χ2v) is 5.91. The van der Waals surface area contributed by atoms with E-state index in [2.05, 4.69) is 10.6 Å². The molecule has 114 valence electrons. The van der Waals surface area contributed by atoms with Gasteiger partial charge in [-0.1, -0.05) is 12.1 Å². The molecule has 0 aromatic heterocycles. The van der Waals surface area contributed by atoms with Crippen molar-refractivity contribution in [3.05, 3.63) is 35.6 Å². The first-order chi connectivity index (χ1) is 10.2. The number of nitrogens with one attached hydrogen (secondary N) is 2. The zero-order chi connectivity index (χ0) is 14.7. The van der Waals surface area contributed by atoms with E-state index in [1.165, 1.54) is 12.1 Å². The van der Waals surface area contributed by atoms with Crippen molar-refractivity contribution in [2.75, 3.05) is 13.2 Å². The van der Waals surface area contributed by atoms with Gasteiger partial charge in [-0.15, -0.1) is 0 Å². The van der Waals surface area contributed by atoms with Crippen LogP contribution in [0.1, 0.15) is 37.7 Å². The maximum absolute atomic E-state index is 13.0. The number of urea groups is 1. The van der Waals surface area contributed by atoms with E-state index in [0.29, 0.717) is 6.54 Å². The Labute approximate surface area is 124 Å². The van der Waals surface area contributed by atoms with Gasteiger partial charge in [0.2, 0.25) is 0 Å². The Morgan fingerprint density at radius 1 is 1.29 bits per heavy atom. The van der Waals surface area contributed by atoms with E-state index in [1.54, 1.807) is 12.1 Å². The Bertz CT molecular complexity index is 494. The SMILES string of the molecule is O=C(NC[C@@H]1CCCO1)NC1(c2ccc(F)cc2)CCC1. The summed E-state index contributed by atoms with van der Waals surface area (Å²) in [4.78, 5) is 12.1. The van der Waals surface area contributed by atoms with Crippen LogP contribution in [-0.4, -0.2) is 25.3 Å². The number of halogens is 1. The summed E-state index contributed by atoms with van der Waals surface area (Å²) in [5.74, 6) is -0.254. The molecule has 0 unspecified atom stereocenters. The highest BCUT2D eigenvalue weighted by atomic mass is 19.1. The van der Waals surface area contributed by atoms with Gasteiger partial charge in [0.1, 0.15) is 5.82 Å².